The van der Waals surface area contributed by atoms with Crippen LogP contribution in [0.5, 0.6) is 0 Å². The Morgan fingerprint density at radius 1 is 1.50 bits per heavy atom. The van der Waals surface area contributed by atoms with Crippen LogP contribution in [0.1, 0.15) is 39.4 Å². The summed E-state index contributed by atoms with van der Waals surface area (Å²) in [4.78, 5) is 23.3. The van der Waals surface area contributed by atoms with Gasteiger partial charge in [0.2, 0.25) is 0 Å². The van der Waals surface area contributed by atoms with Crippen LogP contribution in [0, 0.1) is 0 Å². The third-order valence-electron chi connectivity index (χ3n) is 3.25. The molecule has 0 radical (unpaired) electrons. The van der Waals surface area contributed by atoms with Gasteiger partial charge in [0, 0.05) is 12.1 Å². The van der Waals surface area contributed by atoms with Gasteiger partial charge >= 0.3 is 5.97 Å². The number of nitrogens with zero attached hydrogens (tertiary/aromatic N) is 1. The van der Waals surface area contributed by atoms with Crippen molar-refractivity contribution < 1.29 is 19.4 Å². The number of amides is 1. The van der Waals surface area contributed by atoms with E-state index in [1.807, 2.05) is 0 Å². The first kappa shape index (κ1) is 11.2. The van der Waals surface area contributed by atoms with E-state index in [-0.39, 0.29) is 18.2 Å². The summed E-state index contributed by atoms with van der Waals surface area (Å²) in [5, 5.41) is 18.6. The Bertz CT molecular complexity index is 518. The number of carbonyl (C=O) groups is 2. The molecular weight excluding hydrogens is 238 g/mol. The predicted octanol–water partition coefficient (Wildman–Crippen LogP) is -0.623. The quantitative estimate of drug-likeness (QED) is 0.621. The van der Waals surface area contributed by atoms with Gasteiger partial charge in [0.25, 0.3) is 5.91 Å². The fourth-order valence-electron chi connectivity index (χ4n) is 1.91. The van der Waals surface area contributed by atoms with Crippen LogP contribution in [0.25, 0.3) is 0 Å². The minimum Gasteiger partial charge on any atom is -0.458 e. The molecule has 0 unspecified atom stereocenters. The van der Waals surface area contributed by atoms with Gasteiger partial charge in [-0.2, -0.15) is 5.10 Å². The van der Waals surface area contributed by atoms with E-state index >= 15 is 0 Å². The average Bonchev–Trinajstić information content (AvgIpc) is 2.91. The first-order chi connectivity index (χ1) is 8.59. The highest BCUT2D eigenvalue weighted by atomic mass is 16.5. The van der Waals surface area contributed by atoms with Gasteiger partial charge in [-0.1, -0.05) is 0 Å². The standard InChI is InChI=1S/C11H13N3O4/c15-9-7-6(1-4-12-9)8(14-13-7)10(16)18-5-11(17)2-3-11/h17H,1-5H2,(H,12,15)(H,13,14). The second kappa shape index (κ2) is 3.81. The number of H-pyrrole nitrogens is 1. The van der Waals surface area contributed by atoms with Crippen LogP contribution in [0.3, 0.4) is 0 Å². The zero-order valence-corrected chi connectivity index (χ0v) is 9.65. The molecule has 0 spiro atoms. The number of nitrogens with one attached hydrogen (secondary N) is 2. The van der Waals surface area contributed by atoms with Crippen LogP contribution in [-0.4, -0.2) is 45.9 Å². The minimum absolute atomic E-state index is 0.0142. The lowest BCUT2D eigenvalue weighted by molar-refractivity contribution is 0.0171. The predicted molar refractivity (Wildman–Crippen MR) is 59.1 cm³/mol. The fourth-order valence-corrected chi connectivity index (χ4v) is 1.91. The molecule has 0 saturated heterocycles. The van der Waals surface area contributed by atoms with E-state index in [0.29, 0.717) is 37.1 Å². The molecule has 7 heteroatoms. The van der Waals surface area contributed by atoms with Gasteiger partial charge in [-0.15, -0.1) is 0 Å². The van der Waals surface area contributed by atoms with Gasteiger partial charge in [0.05, 0.1) is 5.60 Å². The molecule has 1 aliphatic carbocycles. The molecular formula is C11H13N3O4. The molecule has 1 saturated carbocycles. The Hall–Kier alpha value is -1.89. The molecule has 2 aliphatic rings. The van der Waals surface area contributed by atoms with Crippen LogP contribution in [0.15, 0.2) is 0 Å². The summed E-state index contributed by atoms with van der Waals surface area (Å²) in [6, 6.07) is 0. The lowest BCUT2D eigenvalue weighted by Gasteiger charge is -2.12. The van der Waals surface area contributed by atoms with Gasteiger partial charge in [-0.25, -0.2) is 4.79 Å². The number of ether oxygens (including phenoxy) is 1. The van der Waals surface area contributed by atoms with Crippen molar-refractivity contribution in [2.45, 2.75) is 24.9 Å². The van der Waals surface area contributed by atoms with Crippen molar-refractivity contribution in [1.82, 2.24) is 15.5 Å². The molecule has 3 N–H and O–H groups in total. The molecule has 1 aliphatic heterocycles. The summed E-state index contributed by atoms with van der Waals surface area (Å²) in [5.41, 5.74) is 0.206. The third kappa shape index (κ3) is 1.86. The number of esters is 1. The molecule has 1 aromatic heterocycles. The van der Waals surface area contributed by atoms with E-state index in [1.165, 1.54) is 0 Å². The number of hydrogen-bond donors (Lipinski definition) is 3. The van der Waals surface area contributed by atoms with E-state index < -0.39 is 11.6 Å². The second-order valence-corrected chi connectivity index (χ2v) is 4.73. The molecule has 1 fully saturated rings. The van der Waals surface area contributed by atoms with Crippen molar-refractivity contribution in [3.05, 3.63) is 17.0 Å². The van der Waals surface area contributed by atoms with E-state index in [9.17, 15) is 14.7 Å². The zero-order valence-electron chi connectivity index (χ0n) is 9.65. The third-order valence-corrected chi connectivity index (χ3v) is 3.25. The van der Waals surface area contributed by atoms with Gasteiger partial charge in [-0.05, 0) is 19.3 Å². The average molecular weight is 251 g/mol. The minimum atomic E-state index is -0.844. The Morgan fingerprint density at radius 3 is 3.00 bits per heavy atom. The van der Waals surface area contributed by atoms with E-state index in [0.717, 1.165) is 0 Å². The van der Waals surface area contributed by atoms with Crippen LogP contribution in [0.4, 0.5) is 0 Å². The number of aliphatic hydroxyl groups is 1. The number of aromatic nitrogens is 2. The first-order valence-corrected chi connectivity index (χ1v) is 5.84. The molecule has 3 rings (SSSR count). The maximum Gasteiger partial charge on any atom is 0.359 e. The van der Waals surface area contributed by atoms with Crippen molar-refractivity contribution in [2.75, 3.05) is 13.2 Å². The first-order valence-electron chi connectivity index (χ1n) is 5.84. The number of carbonyl (C=O) groups excluding carboxylic acids is 2. The lowest BCUT2D eigenvalue weighted by atomic mass is 10.1. The van der Waals surface area contributed by atoms with Gasteiger partial charge < -0.3 is 15.2 Å². The van der Waals surface area contributed by atoms with Crippen LogP contribution < -0.4 is 5.32 Å². The van der Waals surface area contributed by atoms with Crippen molar-refractivity contribution in [3.8, 4) is 0 Å². The van der Waals surface area contributed by atoms with Crippen LogP contribution >= 0.6 is 0 Å². The molecule has 2 heterocycles. The van der Waals surface area contributed by atoms with Gasteiger partial charge in [-0.3, -0.25) is 9.89 Å². The molecule has 0 aromatic carbocycles. The Morgan fingerprint density at radius 2 is 2.28 bits per heavy atom. The maximum atomic E-state index is 11.8. The zero-order chi connectivity index (χ0) is 12.8. The molecule has 1 aromatic rings. The molecule has 96 valence electrons. The highest BCUT2D eigenvalue weighted by Gasteiger charge is 2.42. The summed E-state index contributed by atoms with van der Waals surface area (Å²) < 4.78 is 5.01. The highest BCUT2D eigenvalue weighted by molar-refractivity contribution is 5.99. The Balaban J connectivity index is 1.75. The van der Waals surface area contributed by atoms with Crippen molar-refractivity contribution in [3.63, 3.8) is 0 Å². The summed E-state index contributed by atoms with van der Waals surface area (Å²) in [7, 11) is 0. The molecule has 1 amide bonds. The molecule has 18 heavy (non-hydrogen) atoms. The smallest absolute Gasteiger partial charge is 0.359 e. The largest absolute Gasteiger partial charge is 0.458 e. The summed E-state index contributed by atoms with van der Waals surface area (Å²) in [6.07, 6.45) is 1.86. The van der Waals surface area contributed by atoms with Crippen molar-refractivity contribution in [1.29, 1.82) is 0 Å². The summed E-state index contributed by atoms with van der Waals surface area (Å²) in [5.74, 6) is -0.855. The van der Waals surface area contributed by atoms with Crippen LogP contribution in [-0.2, 0) is 11.2 Å². The number of hydrogen-bond acceptors (Lipinski definition) is 5. The molecule has 7 nitrogen and oxygen atoms in total. The monoisotopic (exact) mass is 251 g/mol. The van der Waals surface area contributed by atoms with Crippen LogP contribution in [0.2, 0.25) is 0 Å². The molecule has 0 bridgehead atoms. The van der Waals surface area contributed by atoms with Gasteiger partial charge in [0.15, 0.2) is 5.69 Å². The fraction of sp³-hybridized carbons (Fsp3) is 0.545. The maximum absolute atomic E-state index is 11.8. The number of rotatable bonds is 3. The van der Waals surface area contributed by atoms with Crippen molar-refractivity contribution in [2.24, 2.45) is 0 Å². The summed E-state index contributed by atoms with van der Waals surface area (Å²) >= 11 is 0. The highest BCUT2D eigenvalue weighted by Crippen LogP contribution is 2.35. The SMILES string of the molecule is O=C(OCC1(O)CC1)c1n[nH]c2c1CCNC2=O. The normalized spacial score (nSPS) is 19.9. The van der Waals surface area contributed by atoms with E-state index in [4.69, 9.17) is 4.74 Å². The lowest BCUT2D eigenvalue weighted by Crippen LogP contribution is -2.32. The number of aromatic amines is 1. The molecule has 0 atom stereocenters. The summed E-state index contributed by atoms with van der Waals surface area (Å²) in [6.45, 7) is 0.468. The Kier molecular flexibility index (Phi) is 2.37. The Labute approximate surface area is 103 Å². The van der Waals surface area contributed by atoms with Gasteiger partial charge in [0.1, 0.15) is 12.3 Å². The van der Waals surface area contributed by atoms with E-state index in [1.54, 1.807) is 0 Å². The van der Waals surface area contributed by atoms with Crippen molar-refractivity contribution >= 4 is 11.9 Å². The topological polar surface area (TPSA) is 104 Å². The number of fused-ring (bicyclic) bond motifs is 1. The van der Waals surface area contributed by atoms with E-state index in [2.05, 4.69) is 15.5 Å². The second-order valence-electron chi connectivity index (χ2n) is 4.73.